The summed E-state index contributed by atoms with van der Waals surface area (Å²) >= 11 is 3.99. The number of thioether (sulfide) groups is 2. The second-order valence-electron chi connectivity index (χ2n) is 13.5. The normalized spacial score (nSPS) is 20.1. The summed E-state index contributed by atoms with van der Waals surface area (Å²) in [6.45, 7) is 17.6. The fourth-order valence-electron chi connectivity index (χ4n) is 5.06. The van der Waals surface area contributed by atoms with E-state index in [0.29, 0.717) is 5.75 Å². The molecule has 1 aromatic rings. The Bertz CT molecular complexity index is 776. The lowest BCUT2D eigenvalue weighted by Gasteiger charge is -2.39. The van der Waals surface area contributed by atoms with Crippen molar-refractivity contribution in [2.75, 3.05) is 16.8 Å². The summed E-state index contributed by atoms with van der Waals surface area (Å²) in [5.41, 5.74) is 3.09. The van der Waals surface area contributed by atoms with Gasteiger partial charge >= 0.3 is 0 Å². The van der Waals surface area contributed by atoms with Crippen LogP contribution in [0.4, 0.5) is 5.69 Å². The molecule has 5 N–H and O–H groups in total. The molecule has 0 spiro atoms. The van der Waals surface area contributed by atoms with Crippen molar-refractivity contribution >= 4 is 29.2 Å². The van der Waals surface area contributed by atoms with Crippen molar-refractivity contribution in [3.05, 3.63) is 23.3 Å². The van der Waals surface area contributed by atoms with Crippen LogP contribution in [-0.4, -0.2) is 33.9 Å². The molecule has 0 saturated carbocycles. The van der Waals surface area contributed by atoms with Crippen LogP contribution in [0.25, 0.3) is 0 Å². The van der Waals surface area contributed by atoms with Gasteiger partial charge < -0.3 is 10.4 Å². The maximum Gasteiger partial charge on any atom is 0.136 e. The summed E-state index contributed by atoms with van der Waals surface area (Å²) in [6.07, 6.45) is 15.9. The van der Waals surface area contributed by atoms with Gasteiger partial charge in [0.25, 0.3) is 0 Å². The summed E-state index contributed by atoms with van der Waals surface area (Å²) in [5.74, 6) is 2.76. The Balaban J connectivity index is 2.07. The number of hydrogen-bond donors (Lipinski definition) is 5. The van der Waals surface area contributed by atoms with Gasteiger partial charge in [-0.05, 0) is 47.3 Å². The number of aromatic hydroxyl groups is 1. The van der Waals surface area contributed by atoms with Crippen molar-refractivity contribution in [3.8, 4) is 5.75 Å². The maximum atomic E-state index is 11.2. The lowest BCUT2D eigenvalue weighted by molar-refractivity contribution is 0.322. The molecule has 2 rings (SSSR count). The number of rotatable bonds is 18. The molecule has 0 bridgehead atoms. The number of benzene rings is 1. The van der Waals surface area contributed by atoms with Crippen molar-refractivity contribution < 1.29 is 5.11 Å². The molecule has 0 aliphatic carbocycles. The molecule has 5 nitrogen and oxygen atoms in total. The molecule has 7 heteroatoms. The molecule has 0 aromatic heterocycles. The van der Waals surface area contributed by atoms with E-state index in [1.165, 1.54) is 88.6 Å². The van der Waals surface area contributed by atoms with E-state index < -0.39 is 0 Å². The number of anilines is 1. The van der Waals surface area contributed by atoms with Crippen LogP contribution >= 0.6 is 23.5 Å². The van der Waals surface area contributed by atoms with Gasteiger partial charge in [0.15, 0.2) is 0 Å². The first-order valence-corrected chi connectivity index (χ1v) is 18.2. The SMILES string of the molecule is CCCCCCCCSC1NC(Nc2cc(C(C)(C)C)c(O)c(C(C)(C)C)c2)NC(SCCCCCCCC)N1. The molecule has 1 aliphatic heterocycles. The van der Waals surface area contributed by atoms with Crippen LogP contribution < -0.4 is 21.3 Å². The zero-order chi connectivity index (χ0) is 29.6. The fraction of sp³-hybridized carbons (Fsp3) is 0.818. The van der Waals surface area contributed by atoms with E-state index in [0.717, 1.165) is 16.8 Å². The molecular weight excluding hydrogens is 533 g/mol. The van der Waals surface area contributed by atoms with Gasteiger partial charge in [-0.15, -0.1) is 23.5 Å². The number of hydrogen-bond acceptors (Lipinski definition) is 7. The lowest BCUT2D eigenvalue weighted by Crippen LogP contribution is -2.67. The van der Waals surface area contributed by atoms with E-state index in [4.69, 9.17) is 0 Å². The Kier molecular flexibility index (Phi) is 16.2. The third-order valence-corrected chi connectivity index (χ3v) is 9.80. The quantitative estimate of drug-likeness (QED) is 0.0857. The molecule has 40 heavy (non-hydrogen) atoms. The zero-order valence-electron chi connectivity index (χ0n) is 27.0. The van der Waals surface area contributed by atoms with Gasteiger partial charge in [0.05, 0.1) is 0 Å². The smallest absolute Gasteiger partial charge is 0.136 e. The monoisotopic (exact) mass is 594 g/mol. The third kappa shape index (κ3) is 13.1. The highest BCUT2D eigenvalue weighted by atomic mass is 32.2. The van der Waals surface area contributed by atoms with Gasteiger partial charge in [-0.1, -0.05) is 120 Å². The third-order valence-electron chi connectivity index (χ3n) is 7.54. The van der Waals surface area contributed by atoms with Gasteiger partial charge in [-0.3, -0.25) is 16.0 Å². The average molecular weight is 595 g/mol. The van der Waals surface area contributed by atoms with Crippen molar-refractivity contribution in [3.63, 3.8) is 0 Å². The second-order valence-corrected chi connectivity index (χ2v) is 16.0. The Hall–Kier alpha value is -0.600. The topological polar surface area (TPSA) is 68.3 Å². The molecule has 2 atom stereocenters. The maximum absolute atomic E-state index is 11.2. The molecule has 0 amide bonds. The number of unbranched alkanes of at least 4 members (excludes halogenated alkanes) is 10. The van der Waals surface area contributed by atoms with E-state index in [2.05, 4.69) is 88.8 Å². The molecule has 1 fully saturated rings. The summed E-state index contributed by atoms with van der Waals surface area (Å²) in [7, 11) is 0. The van der Waals surface area contributed by atoms with Crippen LogP contribution in [0.2, 0.25) is 0 Å². The second kappa shape index (κ2) is 18.1. The molecule has 1 aromatic carbocycles. The van der Waals surface area contributed by atoms with Crippen molar-refractivity contribution in [1.82, 2.24) is 16.0 Å². The zero-order valence-corrected chi connectivity index (χ0v) is 28.7. The molecule has 1 saturated heterocycles. The van der Waals surface area contributed by atoms with Crippen LogP contribution in [0.3, 0.4) is 0 Å². The Morgan fingerprint density at radius 3 is 1.45 bits per heavy atom. The molecule has 1 heterocycles. The van der Waals surface area contributed by atoms with Gasteiger partial charge in [0, 0.05) is 16.8 Å². The first-order valence-electron chi connectivity index (χ1n) is 16.1. The highest BCUT2D eigenvalue weighted by Crippen LogP contribution is 2.41. The highest BCUT2D eigenvalue weighted by Gasteiger charge is 2.30. The van der Waals surface area contributed by atoms with Gasteiger partial charge in [0.1, 0.15) is 23.0 Å². The first kappa shape index (κ1) is 35.6. The molecule has 1 aliphatic rings. The highest BCUT2D eigenvalue weighted by molar-refractivity contribution is 8.00. The van der Waals surface area contributed by atoms with Gasteiger partial charge in [-0.2, -0.15) is 0 Å². The van der Waals surface area contributed by atoms with Gasteiger partial charge in [0.2, 0.25) is 0 Å². The number of nitrogens with one attached hydrogen (secondary N) is 4. The van der Waals surface area contributed by atoms with Gasteiger partial charge in [-0.25, -0.2) is 0 Å². The molecule has 2 unspecified atom stereocenters. The Morgan fingerprint density at radius 1 is 0.650 bits per heavy atom. The molecule has 0 radical (unpaired) electrons. The summed E-state index contributed by atoms with van der Waals surface area (Å²) < 4.78 is 0. The first-order chi connectivity index (χ1) is 19.0. The van der Waals surface area contributed by atoms with E-state index >= 15 is 0 Å². The van der Waals surface area contributed by atoms with Crippen LogP contribution in [0.1, 0.15) is 144 Å². The minimum atomic E-state index is -0.151. The minimum absolute atomic E-state index is 0.0597. The van der Waals surface area contributed by atoms with Crippen LogP contribution in [0.15, 0.2) is 12.1 Å². The predicted octanol–water partition coefficient (Wildman–Crippen LogP) is 9.22. The minimum Gasteiger partial charge on any atom is -0.507 e. The molecular formula is C33H62N4OS2. The summed E-state index contributed by atoms with van der Waals surface area (Å²) in [6, 6.07) is 4.26. The number of phenolic OH excluding ortho intramolecular Hbond substituents is 1. The standard InChI is InChI=1S/C33H62N4OS2/c1-9-11-13-15-17-19-21-39-30-35-29(36-31(37-30)40-22-20-18-16-14-12-10-2)34-25-23-26(32(3,4)5)28(38)27(24-25)33(6,7)8/h23-24,29-31,34-38H,9-22H2,1-8H3. The number of phenols is 1. The largest absolute Gasteiger partial charge is 0.507 e. The van der Waals surface area contributed by atoms with Crippen LogP contribution in [0.5, 0.6) is 5.75 Å². The van der Waals surface area contributed by atoms with Crippen molar-refractivity contribution in [2.45, 2.75) is 161 Å². The summed E-state index contributed by atoms with van der Waals surface area (Å²) in [4.78, 5) is 0. The Morgan fingerprint density at radius 2 is 1.05 bits per heavy atom. The van der Waals surface area contributed by atoms with Crippen LogP contribution in [-0.2, 0) is 10.8 Å². The Labute approximate surface area is 256 Å². The van der Waals surface area contributed by atoms with E-state index in [9.17, 15) is 5.11 Å². The lowest BCUT2D eigenvalue weighted by atomic mass is 9.79. The van der Waals surface area contributed by atoms with Crippen molar-refractivity contribution in [2.24, 2.45) is 0 Å². The predicted molar refractivity (Wildman–Crippen MR) is 182 cm³/mol. The molecule has 232 valence electrons. The van der Waals surface area contributed by atoms with E-state index in [1.54, 1.807) is 0 Å². The summed E-state index contributed by atoms with van der Waals surface area (Å²) in [5, 5.41) is 26.2. The van der Waals surface area contributed by atoms with Crippen molar-refractivity contribution in [1.29, 1.82) is 0 Å². The van der Waals surface area contributed by atoms with E-state index in [1.807, 2.05) is 23.5 Å². The van der Waals surface area contributed by atoms with E-state index in [-0.39, 0.29) is 28.1 Å². The van der Waals surface area contributed by atoms with Crippen LogP contribution in [0, 0.1) is 0 Å². The average Bonchev–Trinajstić information content (AvgIpc) is 2.87. The fourth-order valence-corrected chi connectivity index (χ4v) is 7.28.